The Kier molecular flexibility index (Phi) is 7.04. The third-order valence-corrected chi connectivity index (χ3v) is 6.13. The van der Waals surface area contributed by atoms with Crippen LogP contribution in [0, 0.1) is 6.92 Å². The summed E-state index contributed by atoms with van der Waals surface area (Å²) >= 11 is 0. The van der Waals surface area contributed by atoms with Crippen molar-refractivity contribution < 1.29 is 22.7 Å². The molecule has 0 heterocycles. The first-order valence-electron chi connectivity index (χ1n) is 8.81. The quantitative estimate of drug-likeness (QED) is 0.674. The van der Waals surface area contributed by atoms with Crippen LogP contribution < -0.4 is 14.4 Å². The fraction of sp³-hybridized carbons (Fsp3) is 0.350. The molecule has 1 amide bonds. The number of methoxy groups -OCH3 is 1. The molecule has 0 unspecified atom stereocenters. The van der Waals surface area contributed by atoms with Gasteiger partial charge in [0.15, 0.2) is 0 Å². The minimum Gasteiger partial charge on any atom is -0.497 e. The molecule has 0 spiro atoms. The molecule has 0 aliphatic rings. The Hall–Kier alpha value is -2.58. The highest BCUT2D eigenvalue weighted by Crippen LogP contribution is 2.24. The molecule has 7 nitrogen and oxygen atoms in total. The van der Waals surface area contributed by atoms with E-state index in [4.69, 9.17) is 9.47 Å². The van der Waals surface area contributed by atoms with E-state index in [0.717, 1.165) is 9.87 Å². The number of rotatable bonds is 8. The van der Waals surface area contributed by atoms with Crippen molar-refractivity contribution in [3.05, 3.63) is 48.0 Å². The summed E-state index contributed by atoms with van der Waals surface area (Å²) in [5.74, 6) is 0.892. The second-order valence-electron chi connectivity index (χ2n) is 6.28. The highest BCUT2D eigenvalue weighted by Gasteiger charge is 2.25. The molecule has 0 radical (unpaired) electrons. The number of nitrogens with zero attached hydrogens (tertiary/aromatic N) is 2. The summed E-state index contributed by atoms with van der Waals surface area (Å²) in [5.41, 5.74) is 1.34. The van der Waals surface area contributed by atoms with Gasteiger partial charge in [-0.1, -0.05) is 6.07 Å². The minimum atomic E-state index is -3.81. The number of ether oxygens (including phenoxy) is 2. The number of carbonyl (C=O) groups excluding carboxylic acids is 1. The smallest absolute Gasteiger partial charge is 0.243 e. The molecule has 0 aromatic heterocycles. The molecule has 28 heavy (non-hydrogen) atoms. The van der Waals surface area contributed by atoms with Crippen molar-refractivity contribution in [3.8, 4) is 11.5 Å². The molecular formula is C20H26N2O5S. The summed E-state index contributed by atoms with van der Waals surface area (Å²) in [4.78, 5) is 14.1. The molecular weight excluding hydrogens is 380 g/mol. The summed E-state index contributed by atoms with van der Waals surface area (Å²) in [7, 11) is 0.714. The minimum absolute atomic E-state index is 0.118. The van der Waals surface area contributed by atoms with E-state index in [1.165, 1.54) is 18.0 Å². The van der Waals surface area contributed by atoms with E-state index in [2.05, 4.69) is 0 Å². The van der Waals surface area contributed by atoms with Gasteiger partial charge in [-0.2, -0.15) is 4.31 Å². The number of hydrogen-bond acceptors (Lipinski definition) is 5. The first kappa shape index (κ1) is 21.7. The van der Waals surface area contributed by atoms with E-state index >= 15 is 0 Å². The number of aryl methyl sites for hydroxylation is 1. The lowest BCUT2D eigenvalue weighted by Gasteiger charge is -2.22. The Bertz CT molecular complexity index is 943. The van der Waals surface area contributed by atoms with Crippen molar-refractivity contribution in [1.82, 2.24) is 4.31 Å². The molecule has 0 fully saturated rings. The lowest BCUT2D eigenvalue weighted by atomic mass is 10.2. The standard InChI is InChI=1S/C20H26N2O5S/c1-6-27-19-11-10-18(12-15(19)2)28(24,25)21(3)14-20(23)22(4)16-8-7-9-17(13-16)26-5/h7-13H,6,14H2,1-5H3. The molecule has 0 saturated carbocycles. The number of anilines is 1. The van der Waals surface area contributed by atoms with Gasteiger partial charge >= 0.3 is 0 Å². The van der Waals surface area contributed by atoms with Crippen LogP contribution in [-0.4, -0.2) is 53.0 Å². The van der Waals surface area contributed by atoms with Crippen molar-refractivity contribution in [2.24, 2.45) is 0 Å². The van der Waals surface area contributed by atoms with Gasteiger partial charge < -0.3 is 14.4 Å². The second-order valence-corrected chi connectivity index (χ2v) is 8.32. The van der Waals surface area contributed by atoms with Gasteiger partial charge in [0.2, 0.25) is 15.9 Å². The largest absolute Gasteiger partial charge is 0.497 e. The highest BCUT2D eigenvalue weighted by molar-refractivity contribution is 7.89. The molecule has 2 aromatic carbocycles. The fourth-order valence-corrected chi connectivity index (χ4v) is 3.83. The van der Waals surface area contributed by atoms with Crippen LogP contribution in [0.25, 0.3) is 0 Å². The maximum atomic E-state index is 12.8. The third kappa shape index (κ3) is 4.82. The van der Waals surface area contributed by atoms with E-state index in [1.807, 2.05) is 6.92 Å². The van der Waals surface area contributed by atoms with Crippen molar-refractivity contribution in [2.75, 3.05) is 39.3 Å². The average Bonchev–Trinajstić information content (AvgIpc) is 2.68. The first-order valence-corrected chi connectivity index (χ1v) is 10.2. The number of carbonyl (C=O) groups is 1. The normalized spacial score (nSPS) is 11.4. The number of sulfonamides is 1. The molecule has 0 bridgehead atoms. The van der Waals surface area contributed by atoms with Crippen LogP contribution in [-0.2, 0) is 14.8 Å². The Morgan fingerprint density at radius 3 is 2.43 bits per heavy atom. The SMILES string of the molecule is CCOc1ccc(S(=O)(=O)N(C)CC(=O)N(C)c2cccc(OC)c2)cc1C. The average molecular weight is 407 g/mol. The van der Waals surface area contributed by atoms with Crippen molar-refractivity contribution in [3.63, 3.8) is 0 Å². The van der Waals surface area contributed by atoms with Gasteiger partial charge in [-0.05, 0) is 49.7 Å². The van der Waals surface area contributed by atoms with E-state index in [0.29, 0.717) is 23.8 Å². The Balaban J connectivity index is 2.16. The van der Waals surface area contributed by atoms with Crippen LogP contribution in [0.3, 0.4) is 0 Å². The topological polar surface area (TPSA) is 76.2 Å². The monoisotopic (exact) mass is 406 g/mol. The van der Waals surface area contributed by atoms with Crippen LogP contribution in [0.15, 0.2) is 47.4 Å². The number of likely N-dealkylation sites (N-methyl/N-ethyl adjacent to an activating group) is 2. The highest BCUT2D eigenvalue weighted by atomic mass is 32.2. The zero-order valence-electron chi connectivity index (χ0n) is 16.8. The van der Waals surface area contributed by atoms with Crippen LogP contribution in [0.2, 0.25) is 0 Å². The molecule has 0 saturated heterocycles. The molecule has 2 rings (SSSR count). The Labute approximate surface area is 166 Å². The number of benzene rings is 2. The first-order chi connectivity index (χ1) is 13.2. The van der Waals surface area contributed by atoms with Gasteiger partial charge in [-0.15, -0.1) is 0 Å². The second kappa shape index (κ2) is 9.07. The van der Waals surface area contributed by atoms with Gasteiger partial charge in [0.1, 0.15) is 11.5 Å². The van der Waals surface area contributed by atoms with E-state index in [-0.39, 0.29) is 17.3 Å². The van der Waals surface area contributed by atoms with Crippen LogP contribution in [0.5, 0.6) is 11.5 Å². The maximum absolute atomic E-state index is 12.8. The lowest BCUT2D eigenvalue weighted by molar-refractivity contribution is -0.118. The van der Waals surface area contributed by atoms with Gasteiger partial charge in [-0.25, -0.2) is 8.42 Å². The number of amides is 1. The third-order valence-electron chi connectivity index (χ3n) is 4.33. The summed E-state index contributed by atoms with van der Waals surface area (Å²) in [5, 5.41) is 0. The van der Waals surface area contributed by atoms with Crippen molar-refractivity contribution >= 4 is 21.6 Å². The predicted octanol–water partition coefficient (Wildman–Crippen LogP) is 2.69. The molecule has 2 aromatic rings. The van der Waals surface area contributed by atoms with Crippen LogP contribution >= 0.6 is 0 Å². The Morgan fingerprint density at radius 1 is 1.11 bits per heavy atom. The molecule has 0 atom stereocenters. The van der Waals surface area contributed by atoms with Gasteiger partial charge in [0.25, 0.3) is 0 Å². The van der Waals surface area contributed by atoms with Gasteiger partial charge in [0, 0.05) is 25.8 Å². The van der Waals surface area contributed by atoms with Crippen molar-refractivity contribution in [2.45, 2.75) is 18.7 Å². The number of hydrogen-bond donors (Lipinski definition) is 0. The zero-order chi connectivity index (χ0) is 20.9. The van der Waals surface area contributed by atoms with E-state index < -0.39 is 10.0 Å². The molecule has 0 aliphatic heterocycles. The summed E-state index contributed by atoms with van der Waals surface area (Å²) in [6, 6.07) is 11.7. The van der Waals surface area contributed by atoms with Crippen LogP contribution in [0.1, 0.15) is 12.5 Å². The maximum Gasteiger partial charge on any atom is 0.243 e. The summed E-state index contributed by atoms with van der Waals surface area (Å²) in [6.45, 7) is 3.86. The zero-order valence-corrected chi connectivity index (χ0v) is 17.6. The summed E-state index contributed by atoms with van der Waals surface area (Å²) in [6.07, 6.45) is 0. The molecule has 152 valence electrons. The molecule has 8 heteroatoms. The Morgan fingerprint density at radius 2 is 1.82 bits per heavy atom. The summed E-state index contributed by atoms with van der Waals surface area (Å²) < 4.78 is 37.3. The fourth-order valence-electron chi connectivity index (χ4n) is 2.62. The van der Waals surface area contributed by atoms with E-state index in [1.54, 1.807) is 57.5 Å². The predicted molar refractivity (Wildman–Crippen MR) is 109 cm³/mol. The van der Waals surface area contributed by atoms with Crippen LogP contribution in [0.4, 0.5) is 5.69 Å². The van der Waals surface area contributed by atoms with E-state index in [9.17, 15) is 13.2 Å². The van der Waals surface area contributed by atoms with Gasteiger partial charge in [-0.3, -0.25) is 4.79 Å². The molecule has 0 aliphatic carbocycles. The van der Waals surface area contributed by atoms with Gasteiger partial charge in [0.05, 0.1) is 25.2 Å². The molecule has 0 N–H and O–H groups in total. The van der Waals surface area contributed by atoms with Crippen molar-refractivity contribution in [1.29, 1.82) is 0 Å². The lowest BCUT2D eigenvalue weighted by Crippen LogP contribution is -2.39.